The molecule has 1 saturated heterocycles. The molecule has 0 aliphatic carbocycles. The second-order valence-corrected chi connectivity index (χ2v) is 6.82. The van der Waals surface area contributed by atoms with Gasteiger partial charge in [-0.05, 0) is 30.2 Å². The average molecular weight is 294 g/mol. The van der Waals surface area contributed by atoms with E-state index in [9.17, 15) is 13.2 Å². The highest BCUT2D eigenvalue weighted by atomic mass is 32.2. The number of benzene rings is 1. The molecule has 0 amide bonds. The van der Waals surface area contributed by atoms with E-state index in [0.29, 0.717) is 5.56 Å². The van der Waals surface area contributed by atoms with Crippen LogP contribution in [0, 0.1) is 23.2 Å². The standard InChI is InChI=1S/C13H14N2O4S/c1-9-7-15(8-12(9)13(16)17)20(18,19)11-4-2-10(6-14)3-5-11/h2-5,9,12H,7-8H2,1H3,(H,16,17). The fraction of sp³-hybridized carbons (Fsp3) is 0.385. The van der Waals surface area contributed by atoms with Crippen LogP contribution in [0.2, 0.25) is 0 Å². The molecule has 2 atom stereocenters. The van der Waals surface area contributed by atoms with E-state index in [-0.39, 0.29) is 23.9 Å². The van der Waals surface area contributed by atoms with E-state index in [4.69, 9.17) is 10.4 Å². The van der Waals surface area contributed by atoms with Crippen molar-refractivity contribution in [2.24, 2.45) is 11.8 Å². The van der Waals surface area contributed by atoms with Crippen molar-refractivity contribution in [3.05, 3.63) is 29.8 Å². The third-order valence-corrected chi connectivity index (χ3v) is 5.36. The van der Waals surface area contributed by atoms with Gasteiger partial charge >= 0.3 is 5.97 Å². The molecule has 106 valence electrons. The predicted molar refractivity (Wildman–Crippen MR) is 70.2 cm³/mol. The van der Waals surface area contributed by atoms with Crippen molar-refractivity contribution in [3.8, 4) is 6.07 Å². The zero-order valence-electron chi connectivity index (χ0n) is 10.9. The number of nitrogens with zero attached hydrogens (tertiary/aromatic N) is 2. The zero-order valence-corrected chi connectivity index (χ0v) is 11.7. The number of carboxylic acid groups (broad SMARTS) is 1. The minimum atomic E-state index is -3.70. The molecule has 0 aromatic heterocycles. The summed E-state index contributed by atoms with van der Waals surface area (Å²) in [5, 5.41) is 17.7. The van der Waals surface area contributed by atoms with Crippen LogP contribution in [0.15, 0.2) is 29.2 Å². The molecule has 2 rings (SSSR count). The molecule has 20 heavy (non-hydrogen) atoms. The first-order valence-corrected chi connectivity index (χ1v) is 7.53. The van der Waals surface area contributed by atoms with Gasteiger partial charge < -0.3 is 5.11 Å². The molecule has 0 spiro atoms. The van der Waals surface area contributed by atoms with Crippen molar-refractivity contribution < 1.29 is 18.3 Å². The van der Waals surface area contributed by atoms with Gasteiger partial charge in [0.25, 0.3) is 0 Å². The van der Waals surface area contributed by atoms with E-state index in [0.717, 1.165) is 0 Å². The third-order valence-electron chi connectivity index (χ3n) is 3.52. The van der Waals surface area contributed by atoms with Gasteiger partial charge in [0.05, 0.1) is 22.4 Å². The van der Waals surface area contributed by atoms with Crippen LogP contribution in [-0.2, 0) is 14.8 Å². The van der Waals surface area contributed by atoms with Crippen molar-refractivity contribution in [1.82, 2.24) is 4.31 Å². The largest absolute Gasteiger partial charge is 0.481 e. The lowest BCUT2D eigenvalue weighted by Gasteiger charge is -2.16. The van der Waals surface area contributed by atoms with Crippen LogP contribution < -0.4 is 0 Å². The van der Waals surface area contributed by atoms with Gasteiger partial charge in [0.15, 0.2) is 0 Å². The minimum Gasteiger partial charge on any atom is -0.481 e. The lowest BCUT2D eigenvalue weighted by molar-refractivity contribution is -0.142. The van der Waals surface area contributed by atoms with Crippen molar-refractivity contribution in [3.63, 3.8) is 0 Å². The Hall–Kier alpha value is -1.91. The van der Waals surface area contributed by atoms with Crippen LogP contribution in [0.1, 0.15) is 12.5 Å². The Morgan fingerprint density at radius 3 is 2.40 bits per heavy atom. The first-order valence-electron chi connectivity index (χ1n) is 6.09. The molecule has 1 N–H and O–H groups in total. The Morgan fingerprint density at radius 1 is 1.35 bits per heavy atom. The number of rotatable bonds is 3. The van der Waals surface area contributed by atoms with Crippen molar-refractivity contribution >= 4 is 16.0 Å². The Kier molecular flexibility index (Phi) is 3.79. The molecule has 0 saturated carbocycles. The van der Waals surface area contributed by atoms with Gasteiger partial charge in [0.1, 0.15) is 0 Å². The molecule has 7 heteroatoms. The summed E-state index contributed by atoms with van der Waals surface area (Å²) in [5.74, 6) is -1.88. The summed E-state index contributed by atoms with van der Waals surface area (Å²) in [4.78, 5) is 11.1. The SMILES string of the molecule is CC1CN(S(=O)(=O)c2ccc(C#N)cc2)CC1C(=O)O. The summed E-state index contributed by atoms with van der Waals surface area (Å²) >= 11 is 0. The third kappa shape index (κ3) is 2.53. The van der Waals surface area contributed by atoms with Crippen LogP contribution >= 0.6 is 0 Å². The van der Waals surface area contributed by atoms with Gasteiger partial charge in [-0.15, -0.1) is 0 Å². The lowest BCUT2D eigenvalue weighted by atomic mass is 9.99. The summed E-state index contributed by atoms with van der Waals surface area (Å²) in [6, 6.07) is 7.52. The van der Waals surface area contributed by atoms with Gasteiger partial charge in [-0.2, -0.15) is 9.57 Å². The van der Waals surface area contributed by atoms with Gasteiger partial charge in [-0.1, -0.05) is 6.92 Å². The second-order valence-electron chi connectivity index (χ2n) is 4.88. The Morgan fingerprint density at radius 2 is 1.95 bits per heavy atom. The normalized spacial score (nSPS) is 23.4. The molecule has 1 aromatic carbocycles. The maximum Gasteiger partial charge on any atom is 0.308 e. The predicted octanol–water partition coefficient (Wildman–Crippen LogP) is 0.899. The quantitative estimate of drug-likeness (QED) is 0.893. The summed E-state index contributed by atoms with van der Waals surface area (Å²) in [7, 11) is -3.70. The Labute approximate surface area is 117 Å². The average Bonchev–Trinajstić information content (AvgIpc) is 2.82. The summed E-state index contributed by atoms with van der Waals surface area (Å²) < 4.78 is 26.0. The van der Waals surface area contributed by atoms with E-state index in [2.05, 4.69) is 0 Å². The van der Waals surface area contributed by atoms with E-state index >= 15 is 0 Å². The fourth-order valence-electron chi connectivity index (χ4n) is 2.29. The number of sulfonamides is 1. The molecular weight excluding hydrogens is 280 g/mol. The number of hydrogen-bond acceptors (Lipinski definition) is 4. The molecule has 1 fully saturated rings. The molecule has 0 radical (unpaired) electrons. The maximum atomic E-state index is 12.4. The smallest absolute Gasteiger partial charge is 0.308 e. The Balaban J connectivity index is 2.27. The van der Waals surface area contributed by atoms with Gasteiger partial charge in [0, 0.05) is 13.1 Å². The maximum absolute atomic E-state index is 12.4. The molecule has 0 bridgehead atoms. The molecular formula is C13H14N2O4S. The van der Waals surface area contributed by atoms with E-state index < -0.39 is 21.9 Å². The highest BCUT2D eigenvalue weighted by Crippen LogP contribution is 2.28. The van der Waals surface area contributed by atoms with E-state index in [1.165, 1.54) is 28.6 Å². The zero-order chi connectivity index (χ0) is 14.9. The van der Waals surface area contributed by atoms with Gasteiger partial charge in [-0.25, -0.2) is 8.42 Å². The minimum absolute atomic E-state index is 0.0150. The first kappa shape index (κ1) is 14.5. The summed E-state index contributed by atoms with van der Waals surface area (Å²) in [5.41, 5.74) is 0.377. The van der Waals surface area contributed by atoms with Crippen LogP contribution in [0.25, 0.3) is 0 Å². The highest BCUT2D eigenvalue weighted by molar-refractivity contribution is 7.89. The number of hydrogen-bond donors (Lipinski definition) is 1. The highest BCUT2D eigenvalue weighted by Gasteiger charge is 2.40. The molecule has 1 aliphatic rings. The van der Waals surface area contributed by atoms with Gasteiger partial charge in [-0.3, -0.25) is 4.79 Å². The lowest BCUT2D eigenvalue weighted by Crippen LogP contribution is -2.30. The molecule has 6 nitrogen and oxygen atoms in total. The second kappa shape index (κ2) is 5.23. The monoisotopic (exact) mass is 294 g/mol. The molecule has 1 aliphatic heterocycles. The molecule has 1 aromatic rings. The van der Waals surface area contributed by atoms with E-state index in [1.807, 2.05) is 6.07 Å². The van der Waals surface area contributed by atoms with Gasteiger partial charge in [0.2, 0.25) is 10.0 Å². The number of aliphatic carboxylic acids is 1. The topological polar surface area (TPSA) is 98.5 Å². The number of carboxylic acids is 1. The van der Waals surface area contributed by atoms with Crippen molar-refractivity contribution in [2.75, 3.05) is 13.1 Å². The van der Waals surface area contributed by atoms with Crippen LogP contribution in [0.5, 0.6) is 0 Å². The van der Waals surface area contributed by atoms with E-state index in [1.54, 1.807) is 6.92 Å². The van der Waals surface area contributed by atoms with Crippen LogP contribution in [-0.4, -0.2) is 36.9 Å². The Bertz CT molecular complexity index is 661. The number of carbonyl (C=O) groups is 1. The van der Waals surface area contributed by atoms with Crippen LogP contribution in [0.3, 0.4) is 0 Å². The summed E-state index contributed by atoms with van der Waals surface area (Å²) in [6.45, 7) is 1.91. The summed E-state index contributed by atoms with van der Waals surface area (Å²) in [6.07, 6.45) is 0. The van der Waals surface area contributed by atoms with Crippen LogP contribution in [0.4, 0.5) is 0 Å². The first-order chi connectivity index (χ1) is 9.36. The van der Waals surface area contributed by atoms with Crippen molar-refractivity contribution in [2.45, 2.75) is 11.8 Å². The fourth-order valence-corrected chi connectivity index (χ4v) is 3.86. The molecule has 1 heterocycles. The van der Waals surface area contributed by atoms with Crippen molar-refractivity contribution in [1.29, 1.82) is 5.26 Å². The molecule has 2 unspecified atom stereocenters. The number of nitriles is 1.